The van der Waals surface area contributed by atoms with Gasteiger partial charge in [-0.2, -0.15) is 0 Å². The SMILES string of the molecule is COc1ccccc1NC1CCOC1N. The fourth-order valence-electron chi connectivity index (χ4n) is 1.73. The van der Waals surface area contributed by atoms with Crippen molar-refractivity contribution in [1.82, 2.24) is 0 Å². The van der Waals surface area contributed by atoms with Crippen LogP contribution in [0.3, 0.4) is 0 Å². The minimum Gasteiger partial charge on any atom is -0.495 e. The molecule has 0 aromatic heterocycles. The predicted octanol–water partition coefficient (Wildman–Crippen LogP) is 1.18. The third kappa shape index (κ3) is 2.22. The van der Waals surface area contributed by atoms with Crippen molar-refractivity contribution in [3.63, 3.8) is 0 Å². The molecular formula is C11H16N2O2. The fraction of sp³-hybridized carbons (Fsp3) is 0.455. The van der Waals surface area contributed by atoms with Crippen molar-refractivity contribution in [1.29, 1.82) is 0 Å². The van der Waals surface area contributed by atoms with E-state index >= 15 is 0 Å². The number of nitrogens with two attached hydrogens (primary N) is 1. The molecule has 0 radical (unpaired) electrons. The maximum atomic E-state index is 5.79. The summed E-state index contributed by atoms with van der Waals surface area (Å²) >= 11 is 0. The first kappa shape index (κ1) is 10.3. The van der Waals surface area contributed by atoms with E-state index in [9.17, 15) is 0 Å². The van der Waals surface area contributed by atoms with E-state index in [4.69, 9.17) is 15.2 Å². The molecule has 3 N–H and O–H groups in total. The standard InChI is InChI=1S/C11H16N2O2/c1-14-10-5-3-2-4-8(10)13-9-6-7-15-11(9)12/h2-5,9,11,13H,6-7,12H2,1H3. The number of methoxy groups -OCH3 is 1. The Balaban J connectivity index is 2.09. The van der Waals surface area contributed by atoms with E-state index in [0.29, 0.717) is 6.61 Å². The summed E-state index contributed by atoms with van der Waals surface area (Å²) in [5.41, 5.74) is 6.76. The van der Waals surface area contributed by atoms with Crippen LogP contribution >= 0.6 is 0 Å². The van der Waals surface area contributed by atoms with Crippen molar-refractivity contribution in [2.75, 3.05) is 19.0 Å². The van der Waals surface area contributed by atoms with Crippen molar-refractivity contribution >= 4 is 5.69 Å². The van der Waals surface area contributed by atoms with Crippen LogP contribution in [0, 0.1) is 0 Å². The van der Waals surface area contributed by atoms with Gasteiger partial charge in [0.2, 0.25) is 0 Å². The molecule has 1 saturated heterocycles. The highest BCUT2D eigenvalue weighted by Crippen LogP contribution is 2.26. The van der Waals surface area contributed by atoms with Crippen LogP contribution in [0.4, 0.5) is 5.69 Å². The highest BCUT2D eigenvalue weighted by molar-refractivity contribution is 5.56. The van der Waals surface area contributed by atoms with Crippen LogP contribution in [0.2, 0.25) is 0 Å². The topological polar surface area (TPSA) is 56.5 Å². The summed E-state index contributed by atoms with van der Waals surface area (Å²) < 4.78 is 10.5. The van der Waals surface area contributed by atoms with Gasteiger partial charge in [-0.15, -0.1) is 0 Å². The Morgan fingerprint density at radius 1 is 1.47 bits per heavy atom. The van der Waals surface area contributed by atoms with Crippen molar-refractivity contribution < 1.29 is 9.47 Å². The number of anilines is 1. The lowest BCUT2D eigenvalue weighted by Crippen LogP contribution is -2.36. The number of rotatable bonds is 3. The smallest absolute Gasteiger partial charge is 0.141 e. The van der Waals surface area contributed by atoms with Crippen molar-refractivity contribution in [3.05, 3.63) is 24.3 Å². The highest BCUT2D eigenvalue weighted by atomic mass is 16.5. The highest BCUT2D eigenvalue weighted by Gasteiger charge is 2.25. The van der Waals surface area contributed by atoms with Crippen LogP contribution in [-0.2, 0) is 4.74 Å². The lowest BCUT2D eigenvalue weighted by molar-refractivity contribution is 0.112. The number of hydrogen-bond donors (Lipinski definition) is 2. The molecule has 2 unspecified atom stereocenters. The molecule has 1 heterocycles. The monoisotopic (exact) mass is 208 g/mol. The Kier molecular flexibility index (Phi) is 3.08. The Morgan fingerprint density at radius 3 is 2.93 bits per heavy atom. The average molecular weight is 208 g/mol. The molecule has 2 rings (SSSR count). The van der Waals surface area contributed by atoms with Crippen molar-refractivity contribution in [2.45, 2.75) is 18.7 Å². The van der Waals surface area contributed by atoms with Gasteiger partial charge in [-0.1, -0.05) is 12.1 Å². The molecule has 15 heavy (non-hydrogen) atoms. The molecule has 2 atom stereocenters. The first-order chi connectivity index (χ1) is 7.31. The molecule has 0 amide bonds. The predicted molar refractivity (Wildman–Crippen MR) is 58.9 cm³/mol. The number of hydrogen-bond acceptors (Lipinski definition) is 4. The molecule has 1 aliphatic rings. The Bertz CT molecular complexity index is 330. The van der Waals surface area contributed by atoms with Crippen LogP contribution in [0.15, 0.2) is 24.3 Å². The van der Waals surface area contributed by atoms with Gasteiger partial charge >= 0.3 is 0 Å². The van der Waals surface area contributed by atoms with E-state index in [0.717, 1.165) is 17.9 Å². The second kappa shape index (κ2) is 4.51. The molecule has 0 saturated carbocycles. The Morgan fingerprint density at radius 2 is 2.27 bits per heavy atom. The minimum absolute atomic E-state index is 0.168. The molecule has 1 aromatic rings. The maximum Gasteiger partial charge on any atom is 0.141 e. The number of benzene rings is 1. The van der Waals surface area contributed by atoms with E-state index in [1.807, 2.05) is 24.3 Å². The largest absolute Gasteiger partial charge is 0.495 e. The summed E-state index contributed by atoms with van der Waals surface area (Å²) in [5, 5.41) is 3.34. The molecule has 1 aliphatic heterocycles. The molecule has 1 aromatic carbocycles. The van der Waals surface area contributed by atoms with Crippen molar-refractivity contribution in [3.8, 4) is 5.75 Å². The van der Waals surface area contributed by atoms with Gasteiger partial charge in [0.05, 0.1) is 25.4 Å². The third-order valence-electron chi connectivity index (χ3n) is 2.58. The summed E-state index contributed by atoms with van der Waals surface area (Å²) in [7, 11) is 1.66. The molecule has 4 heteroatoms. The van der Waals surface area contributed by atoms with E-state index in [1.54, 1.807) is 7.11 Å². The van der Waals surface area contributed by atoms with Gasteiger partial charge in [0.15, 0.2) is 0 Å². The summed E-state index contributed by atoms with van der Waals surface area (Å²) in [4.78, 5) is 0. The second-order valence-electron chi connectivity index (χ2n) is 3.58. The zero-order chi connectivity index (χ0) is 10.7. The van der Waals surface area contributed by atoms with Gasteiger partial charge in [0, 0.05) is 0 Å². The number of ether oxygens (including phenoxy) is 2. The van der Waals surface area contributed by atoms with Gasteiger partial charge in [-0.25, -0.2) is 0 Å². The van der Waals surface area contributed by atoms with E-state index in [-0.39, 0.29) is 12.3 Å². The molecule has 82 valence electrons. The van der Waals surface area contributed by atoms with Crippen molar-refractivity contribution in [2.24, 2.45) is 5.73 Å². The normalized spacial score (nSPS) is 25.2. The molecule has 0 spiro atoms. The Hall–Kier alpha value is -1.26. The number of para-hydroxylation sites is 2. The lowest BCUT2D eigenvalue weighted by atomic mass is 10.2. The van der Waals surface area contributed by atoms with Gasteiger partial charge in [0.25, 0.3) is 0 Å². The van der Waals surface area contributed by atoms with Gasteiger partial charge in [0.1, 0.15) is 12.0 Å². The summed E-state index contributed by atoms with van der Waals surface area (Å²) in [6.07, 6.45) is 0.703. The quantitative estimate of drug-likeness (QED) is 0.783. The molecule has 0 bridgehead atoms. The third-order valence-corrected chi connectivity index (χ3v) is 2.58. The lowest BCUT2D eigenvalue weighted by Gasteiger charge is -2.18. The van der Waals surface area contributed by atoms with Gasteiger partial charge in [-0.05, 0) is 18.6 Å². The first-order valence-electron chi connectivity index (χ1n) is 5.08. The molecule has 0 aliphatic carbocycles. The van der Waals surface area contributed by atoms with Gasteiger partial charge < -0.3 is 20.5 Å². The van der Waals surface area contributed by atoms with Crippen LogP contribution in [0.25, 0.3) is 0 Å². The second-order valence-corrected chi connectivity index (χ2v) is 3.58. The molecule has 4 nitrogen and oxygen atoms in total. The maximum absolute atomic E-state index is 5.79. The fourth-order valence-corrected chi connectivity index (χ4v) is 1.73. The first-order valence-corrected chi connectivity index (χ1v) is 5.08. The average Bonchev–Trinajstić information content (AvgIpc) is 2.65. The van der Waals surface area contributed by atoms with Gasteiger partial charge in [-0.3, -0.25) is 0 Å². The van der Waals surface area contributed by atoms with E-state index in [2.05, 4.69) is 5.32 Å². The zero-order valence-corrected chi connectivity index (χ0v) is 8.77. The van der Waals surface area contributed by atoms with E-state index in [1.165, 1.54) is 0 Å². The van der Waals surface area contributed by atoms with Crippen LogP contribution in [-0.4, -0.2) is 26.0 Å². The minimum atomic E-state index is -0.227. The molecular weight excluding hydrogens is 192 g/mol. The summed E-state index contributed by atoms with van der Waals surface area (Å²) in [5.74, 6) is 0.830. The number of nitrogens with one attached hydrogen (secondary N) is 1. The van der Waals surface area contributed by atoms with Crippen LogP contribution < -0.4 is 15.8 Å². The Labute approximate surface area is 89.4 Å². The van der Waals surface area contributed by atoms with E-state index < -0.39 is 0 Å². The molecule has 1 fully saturated rings. The summed E-state index contributed by atoms with van der Waals surface area (Å²) in [6, 6.07) is 7.97. The summed E-state index contributed by atoms with van der Waals surface area (Å²) in [6.45, 7) is 0.716. The van der Waals surface area contributed by atoms with Crippen LogP contribution in [0.5, 0.6) is 5.75 Å². The zero-order valence-electron chi connectivity index (χ0n) is 8.77. The van der Waals surface area contributed by atoms with Crippen LogP contribution in [0.1, 0.15) is 6.42 Å².